The molecule has 0 aromatic heterocycles. The number of nitrogens with one attached hydrogen (secondary N) is 1. The molecule has 4 heteroatoms. The molecule has 0 amide bonds. The van der Waals surface area contributed by atoms with E-state index in [4.69, 9.17) is 10.00 Å². The highest BCUT2D eigenvalue weighted by atomic mass is 16.5. The summed E-state index contributed by atoms with van der Waals surface area (Å²) in [5, 5.41) is 21.2. The van der Waals surface area contributed by atoms with E-state index in [1.165, 1.54) is 0 Å². The first-order chi connectivity index (χ1) is 7.02. The van der Waals surface area contributed by atoms with Gasteiger partial charge in [0.15, 0.2) is 0 Å². The molecular formula is C11H22N2O2. The standard InChI is InChI=1S/C11H22N2O2/c1-11(2,9-12)5-4-6-13-7-10(14)8-15-3/h10,13-14H,4-8H2,1-3H3. The van der Waals surface area contributed by atoms with Crippen LogP contribution in [0.4, 0.5) is 0 Å². The Morgan fingerprint density at radius 2 is 2.20 bits per heavy atom. The summed E-state index contributed by atoms with van der Waals surface area (Å²) in [6.07, 6.45) is 1.37. The summed E-state index contributed by atoms with van der Waals surface area (Å²) in [5.74, 6) is 0. The summed E-state index contributed by atoms with van der Waals surface area (Å²) >= 11 is 0. The minimum atomic E-state index is -0.445. The van der Waals surface area contributed by atoms with E-state index in [1.54, 1.807) is 7.11 Å². The largest absolute Gasteiger partial charge is 0.389 e. The van der Waals surface area contributed by atoms with Gasteiger partial charge in [-0.05, 0) is 33.2 Å². The van der Waals surface area contributed by atoms with Gasteiger partial charge < -0.3 is 15.2 Å². The lowest BCUT2D eigenvalue weighted by atomic mass is 9.90. The molecule has 0 fully saturated rings. The molecule has 15 heavy (non-hydrogen) atoms. The average Bonchev–Trinajstić information content (AvgIpc) is 2.17. The van der Waals surface area contributed by atoms with Crippen LogP contribution < -0.4 is 5.32 Å². The second-order valence-electron chi connectivity index (χ2n) is 4.41. The van der Waals surface area contributed by atoms with Gasteiger partial charge in [0.2, 0.25) is 0 Å². The van der Waals surface area contributed by atoms with Crippen molar-refractivity contribution < 1.29 is 9.84 Å². The van der Waals surface area contributed by atoms with E-state index in [2.05, 4.69) is 11.4 Å². The van der Waals surface area contributed by atoms with Crippen molar-refractivity contribution >= 4 is 0 Å². The Balaban J connectivity index is 3.37. The Morgan fingerprint density at radius 3 is 2.73 bits per heavy atom. The van der Waals surface area contributed by atoms with Gasteiger partial charge >= 0.3 is 0 Å². The van der Waals surface area contributed by atoms with Gasteiger partial charge in [-0.3, -0.25) is 0 Å². The van der Waals surface area contributed by atoms with Crippen molar-refractivity contribution in [3.05, 3.63) is 0 Å². The maximum atomic E-state index is 9.31. The highest BCUT2D eigenvalue weighted by molar-refractivity contribution is 4.91. The summed E-state index contributed by atoms with van der Waals surface area (Å²) in [4.78, 5) is 0. The summed E-state index contributed by atoms with van der Waals surface area (Å²) in [7, 11) is 1.57. The lowest BCUT2D eigenvalue weighted by Gasteiger charge is -2.15. The van der Waals surface area contributed by atoms with Crippen LogP contribution in [0.2, 0.25) is 0 Å². The molecule has 0 saturated carbocycles. The van der Waals surface area contributed by atoms with E-state index >= 15 is 0 Å². The van der Waals surface area contributed by atoms with Crippen LogP contribution in [0, 0.1) is 16.7 Å². The van der Waals surface area contributed by atoms with Gasteiger partial charge in [0, 0.05) is 13.7 Å². The SMILES string of the molecule is COCC(O)CNCCCC(C)(C)C#N. The van der Waals surface area contributed by atoms with E-state index in [0.717, 1.165) is 19.4 Å². The summed E-state index contributed by atoms with van der Waals surface area (Å²) in [6.45, 7) is 5.60. The number of methoxy groups -OCH3 is 1. The van der Waals surface area contributed by atoms with Crippen molar-refractivity contribution in [2.75, 3.05) is 26.8 Å². The molecule has 2 N–H and O–H groups in total. The zero-order chi connectivity index (χ0) is 11.7. The zero-order valence-corrected chi connectivity index (χ0v) is 9.92. The number of nitriles is 1. The fourth-order valence-corrected chi connectivity index (χ4v) is 1.23. The van der Waals surface area contributed by atoms with Crippen LogP contribution in [-0.2, 0) is 4.74 Å². The van der Waals surface area contributed by atoms with Crippen molar-refractivity contribution in [3.63, 3.8) is 0 Å². The third kappa shape index (κ3) is 8.37. The Bertz CT molecular complexity index is 199. The number of rotatable bonds is 8. The van der Waals surface area contributed by atoms with Crippen LogP contribution in [0.15, 0.2) is 0 Å². The Labute approximate surface area is 92.2 Å². The predicted octanol–water partition coefficient (Wildman–Crippen LogP) is 0.913. The molecule has 0 aliphatic heterocycles. The predicted molar refractivity (Wildman–Crippen MR) is 59.4 cm³/mol. The van der Waals surface area contributed by atoms with Gasteiger partial charge in [0.25, 0.3) is 0 Å². The molecule has 4 nitrogen and oxygen atoms in total. The molecule has 0 radical (unpaired) electrons. The molecule has 0 aromatic rings. The van der Waals surface area contributed by atoms with E-state index in [1.807, 2.05) is 13.8 Å². The van der Waals surface area contributed by atoms with Crippen LogP contribution in [-0.4, -0.2) is 38.0 Å². The molecule has 88 valence electrons. The molecule has 0 rings (SSSR count). The number of ether oxygens (including phenoxy) is 1. The monoisotopic (exact) mass is 214 g/mol. The van der Waals surface area contributed by atoms with Gasteiger partial charge in [0.1, 0.15) is 0 Å². The van der Waals surface area contributed by atoms with Crippen molar-refractivity contribution in [1.82, 2.24) is 5.32 Å². The van der Waals surface area contributed by atoms with Gasteiger partial charge in [-0.25, -0.2) is 0 Å². The molecule has 0 spiro atoms. The van der Waals surface area contributed by atoms with Gasteiger partial charge in [-0.2, -0.15) is 5.26 Å². The third-order valence-electron chi connectivity index (χ3n) is 2.20. The molecule has 1 unspecified atom stereocenters. The van der Waals surface area contributed by atoms with Crippen LogP contribution in [0.3, 0.4) is 0 Å². The summed E-state index contributed by atoms with van der Waals surface area (Å²) in [5.41, 5.74) is -0.243. The van der Waals surface area contributed by atoms with Gasteiger partial charge in [-0.1, -0.05) is 0 Å². The van der Waals surface area contributed by atoms with E-state index in [0.29, 0.717) is 13.2 Å². The average molecular weight is 214 g/mol. The fourth-order valence-electron chi connectivity index (χ4n) is 1.23. The first-order valence-electron chi connectivity index (χ1n) is 5.31. The molecule has 0 aliphatic carbocycles. The number of aliphatic hydroxyl groups is 1. The third-order valence-corrected chi connectivity index (χ3v) is 2.20. The second-order valence-corrected chi connectivity index (χ2v) is 4.41. The summed E-state index contributed by atoms with van der Waals surface area (Å²) in [6, 6.07) is 2.26. The number of hydrogen-bond donors (Lipinski definition) is 2. The second kappa shape index (κ2) is 7.63. The van der Waals surface area contributed by atoms with Crippen LogP contribution in [0.5, 0.6) is 0 Å². The molecule has 0 aliphatic rings. The maximum absolute atomic E-state index is 9.31. The number of nitrogens with zero attached hydrogens (tertiary/aromatic N) is 1. The van der Waals surface area contributed by atoms with Gasteiger partial charge in [0.05, 0.1) is 24.2 Å². The molecule has 0 saturated heterocycles. The van der Waals surface area contributed by atoms with Crippen LogP contribution in [0.1, 0.15) is 26.7 Å². The molecule has 0 heterocycles. The molecule has 0 aromatic carbocycles. The van der Waals surface area contributed by atoms with Crippen molar-refractivity contribution in [2.45, 2.75) is 32.8 Å². The van der Waals surface area contributed by atoms with E-state index in [-0.39, 0.29) is 5.41 Å². The van der Waals surface area contributed by atoms with Crippen molar-refractivity contribution in [1.29, 1.82) is 5.26 Å². The zero-order valence-electron chi connectivity index (χ0n) is 9.92. The van der Waals surface area contributed by atoms with Crippen molar-refractivity contribution in [2.24, 2.45) is 5.41 Å². The minimum Gasteiger partial charge on any atom is -0.389 e. The lowest BCUT2D eigenvalue weighted by Crippen LogP contribution is -2.31. The smallest absolute Gasteiger partial charge is 0.0897 e. The van der Waals surface area contributed by atoms with Gasteiger partial charge in [-0.15, -0.1) is 0 Å². The first-order valence-corrected chi connectivity index (χ1v) is 5.31. The highest BCUT2D eigenvalue weighted by Crippen LogP contribution is 2.19. The van der Waals surface area contributed by atoms with E-state index in [9.17, 15) is 5.11 Å². The fraction of sp³-hybridized carbons (Fsp3) is 0.909. The van der Waals surface area contributed by atoms with Crippen molar-refractivity contribution in [3.8, 4) is 6.07 Å². The normalized spacial score (nSPS) is 13.5. The number of aliphatic hydroxyl groups excluding tert-OH is 1. The summed E-state index contributed by atoms with van der Waals surface area (Å²) < 4.78 is 4.80. The van der Waals surface area contributed by atoms with E-state index < -0.39 is 6.10 Å². The quantitative estimate of drug-likeness (QED) is 0.589. The number of hydrogen-bond acceptors (Lipinski definition) is 4. The van der Waals surface area contributed by atoms with Crippen LogP contribution in [0.25, 0.3) is 0 Å². The Morgan fingerprint density at radius 1 is 1.53 bits per heavy atom. The topological polar surface area (TPSA) is 65.3 Å². The lowest BCUT2D eigenvalue weighted by molar-refractivity contribution is 0.0646. The minimum absolute atomic E-state index is 0.243. The molecule has 1 atom stereocenters. The first kappa shape index (κ1) is 14.4. The molecular weight excluding hydrogens is 192 g/mol. The Hall–Kier alpha value is -0.630. The van der Waals surface area contributed by atoms with Crippen LogP contribution >= 0.6 is 0 Å². The highest BCUT2D eigenvalue weighted by Gasteiger charge is 2.15. The molecule has 0 bridgehead atoms. The maximum Gasteiger partial charge on any atom is 0.0897 e. The Kier molecular flexibility index (Phi) is 7.31.